The van der Waals surface area contributed by atoms with Crippen LogP contribution in [-0.2, 0) is 6.54 Å². The predicted octanol–water partition coefficient (Wildman–Crippen LogP) is 3.44. The molecule has 1 aliphatic rings. The van der Waals surface area contributed by atoms with Crippen LogP contribution in [0, 0.1) is 12.8 Å². The molecular weight excluding hydrogens is 288 g/mol. The minimum atomic E-state index is 0.310. The number of hydrogen-bond donors (Lipinski definition) is 2. The quantitative estimate of drug-likeness (QED) is 0.654. The Morgan fingerprint density at radius 2 is 1.87 bits per heavy atom. The van der Waals surface area contributed by atoms with Gasteiger partial charge < -0.3 is 10.7 Å². The maximum Gasteiger partial charge on any atom is 0.0796 e. The van der Waals surface area contributed by atoms with Crippen LogP contribution in [0.25, 0.3) is 0 Å². The number of aromatic nitrogens is 3. The summed E-state index contributed by atoms with van der Waals surface area (Å²) in [5.74, 6) is 6.42. The van der Waals surface area contributed by atoms with Gasteiger partial charge in [0.1, 0.15) is 0 Å². The molecule has 0 saturated heterocycles. The Kier molecular flexibility index (Phi) is 14.5. The Morgan fingerprint density at radius 3 is 2.13 bits per heavy atom. The number of nitrogens with two attached hydrogens (primary N) is 2. The number of hydrogen-bond acceptors (Lipinski definition) is 5. The maximum atomic E-state index is 5.56. The van der Waals surface area contributed by atoms with Crippen molar-refractivity contribution in [1.82, 2.24) is 20.0 Å². The Labute approximate surface area is 142 Å². The molecule has 6 nitrogen and oxygen atoms in total. The van der Waals surface area contributed by atoms with E-state index in [1.54, 1.807) is 9.81 Å². The van der Waals surface area contributed by atoms with Crippen molar-refractivity contribution in [2.45, 2.75) is 80.8 Å². The van der Waals surface area contributed by atoms with Crippen molar-refractivity contribution in [3.8, 4) is 0 Å². The lowest BCUT2D eigenvalue weighted by molar-refractivity contribution is 0.293. The first-order valence-electron chi connectivity index (χ1n) is 8.73. The second-order valence-corrected chi connectivity index (χ2v) is 5.29. The standard InChI is InChI=1S/C7H11N3.C6H15N3.2C2H6/c1-6-4-8-10(9-6)5-7-2-3-7;1-5(2)9(8)6(3)4-7;2*1-2/h4,7H,2-3,5H2,1H3;4-5H,7-8H2,1-3H3;2*1-2H3/b;6-4-;;. The summed E-state index contributed by atoms with van der Waals surface area (Å²) in [5.41, 5.74) is 7.14. The summed E-state index contributed by atoms with van der Waals surface area (Å²) in [5, 5.41) is 9.92. The average molecular weight is 327 g/mol. The summed E-state index contributed by atoms with van der Waals surface area (Å²) in [6.07, 6.45) is 6.03. The zero-order chi connectivity index (χ0) is 18.4. The number of nitrogens with zero attached hydrogens (tertiary/aromatic N) is 4. The number of aryl methyl sites for hydroxylation is 1. The molecule has 136 valence electrons. The Hall–Kier alpha value is -1.56. The second-order valence-electron chi connectivity index (χ2n) is 5.29. The summed E-state index contributed by atoms with van der Waals surface area (Å²) < 4.78 is 0. The Balaban J connectivity index is 0. The van der Waals surface area contributed by atoms with Crippen LogP contribution in [0.15, 0.2) is 18.1 Å². The molecule has 0 spiro atoms. The monoisotopic (exact) mass is 326 g/mol. The van der Waals surface area contributed by atoms with E-state index in [-0.39, 0.29) is 0 Å². The van der Waals surface area contributed by atoms with E-state index in [9.17, 15) is 0 Å². The van der Waals surface area contributed by atoms with Crippen LogP contribution in [0.3, 0.4) is 0 Å². The van der Waals surface area contributed by atoms with Crippen LogP contribution in [0.4, 0.5) is 0 Å². The molecule has 1 aromatic heterocycles. The number of hydrazine groups is 1. The summed E-state index contributed by atoms with van der Waals surface area (Å²) in [7, 11) is 0. The van der Waals surface area contributed by atoms with Gasteiger partial charge in [0.05, 0.1) is 18.4 Å². The number of rotatable bonds is 4. The van der Waals surface area contributed by atoms with Crippen molar-refractivity contribution in [1.29, 1.82) is 0 Å². The van der Waals surface area contributed by atoms with Gasteiger partial charge in [0.25, 0.3) is 0 Å². The minimum Gasteiger partial charge on any atom is -0.403 e. The fourth-order valence-corrected chi connectivity index (χ4v) is 1.50. The number of allylic oxidation sites excluding steroid dienone is 1. The molecule has 0 radical (unpaired) electrons. The lowest BCUT2D eigenvalue weighted by Gasteiger charge is -2.22. The molecule has 1 aromatic rings. The van der Waals surface area contributed by atoms with E-state index in [1.807, 2.05) is 61.6 Å². The topological polar surface area (TPSA) is 86.0 Å². The minimum absolute atomic E-state index is 0.310. The molecule has 0 aliphatic heterocycles. The van der Waals surface area contributed by atoms with Gasteiger partial charge in [-0.2, -0.15) is 15.0 Å². The van der Waals surface area contributed by atoms with Gasteiger partial charge in [-0.25, -0.2) is 5.84 Å². The van der Waals surface area contributed by atoms with Crippen LogP contribution in [0.2, 0.25) is 0 Å². The Bertz CT molecular complexity index is 407. The molecular formula is C17H38N6. The van der Waals surface area contributed by atoms with Gasteiger partial charge in [0, 0.05) is 17.9 Å². The van der Waals surface area contributed by atoms with Gasteiger partial charge in [-0.3, -0.25) is 0 Å². The van der Waals surface area contributed by atoms with E-state index in [4.69, 9.17) is 11.6 Å². The fourth-order valence-electron chi connectivity index (χ4n) is 1.50. The lowest BCUT2D eigenvalue weighted by atomic mass is 10.3. The SMILES string of the molecule is C/C(=C/N)N(N)C(C)C.CC.CC.Cc1cnn(CC2CC2)n1. The molecule has 1 aliphatic carbocycles. The maximum absolute atomic E-state index is 5.56. The molecule has 2 rings (SSSR count). The third kappa shape index (κ3) is 11.6. The molecule has 1 saturated carbocycles. The summed E-state index contributed by atoms with van der Waals surface area (Å²) in [6.45, 7) is 16.9. The first-order chi connectivity index (χ1) is 10.9. The fraction of sp³-hybridized carbons (Fsp3) is 0.765. The predicted molar refractivity (Wildman–Crippen MR) is 99.3 cm³/mol. The largest absolute Gasteiger partial charge is 0.403 e. The van der Waals surface area contributed by atoms with Crippen molar-refractivity contribution in [2.75, 3.05) is 0 Å². The van der Waals surface area contributed by atoms with Crippen molar-refractivity contribution in [2.24, 2.45) is 17.5 Å². The zero-order valence-electron chi connectivity index (χ0n) is 16.4. The van der Waals surface area contributed by atoms with Crippen LogP contribution in [-0.4, -0.2) is 26.0 Å². The van der Waals surface area contributed by atoms with Crippen LogP contribution in [0.1, 0.15) is 67.0 Å². The summed E-state index contributed by atoms with van der Waals surface area (Å²) in [4.78, 5) is 1.80. The van der Waals surface area contributed by atoms with Crippen molar-refractivity contribution < 1.29 is 0 Å². The third-order valence-corrected chi connectivity index (χ3v) is 2.97. The third-order valence-electron chi connectivity index (χ3n) is 2.97. The molecule has 0 aromatic carbocycles. The van der Waals surface area contributed by atoms with Gasteiger partial charge in [-0.15, -0.1) is 0 Å². The van der Waals surface area contributed by atoms with E-state index >= 15 is 0 Å². The van der Waals surface area contributed by atoms with Crippen molar-refractivity contribution >= 4 is 0 Å². The molecule has 23 heavy (non-hydrogen) atoms. The van der Waals surface area contributed by atoms with Gasteiger partial charge in [0.2, 0.25) is 0 Å². The molecule has 1 heterocycles. The first-order valence-corrected chi connectivity index (χ1v) is 8.73. The molecule has 0 unspecified atom stereocenters. The Morgan fingerprint density at radius 1 is 1.35 bits per heavy atom. The normalized spacial score (nSPS) is 13.0. The van der Waals surface area contributed by atoms with Crippen LogP contribution in [0.5, 0.6) is 0 Å². The van der Waals surface area contributed by atoms with Crippen LogP contribution < -0.4 is 11.6 Å². The lowest BCUT2D eigenvalue weighted by Crippen LogP contribution is -2.35. The zero-order valence-corrected chi connectivity index (χ0v) is 16.4. The van der Waals surface area contributed by atoms with E-state index in [0.717, 1.165) is 23.9 Å². The first kappa shape index (κ1) is 23.7. The molecule has 1 fully saturated rings. The second kappa shape index (κ2) is 14.1. The average Bonchev–Trinajstić information content (AvgIpc) is 3.30. The summed E-state index contributed by atoms with van der Waals surface area (Å²) in [6, 6.07) is 0.310. The summed E-state index contributed by atoms with van der Waals surface area (Å²) >= 11 is 0. The van der Waals surface area contributed by atoms with Crippen molar-refractivity contribution in [3.63, 3.8) is 0 Å². The van der Waals surface area contributed by atoms with E-state index < -0.39 is 0 Å². The highest BCUT2D eigenvalue weighted by Gasteiger charge is 2.22. The highest BCUT2D eigenvalue weighted by atomic mass is 15.5. The van der Waals surface area contributed by atoms with Gasteiger partial charge in [-0.05, 0) is 46.5 Å². The van der Waals surface area contributed by atoms with Gasteiger partial charge in [-0.1, -0.05) is 27.7 Å². The molecule has 0 amide bonds. The molecule has 6 heteroatoms. The van der Waals surface area contributed by atoms with E-state index in [0.29, 0.717) is 6.04 Å². The molecule has 4 N–H and O–H groups in total. The highest BCUT2D eigenvalue weighted by Crippen LogP contribution is 2.29. The van der Waals surface area contributed by atoms with Crippen molar-refractivity contribution in [3.05, 3.63) is 23.8 Å². The van der Waals surface area contributed by atoms with Gasteiger partial charge >= 0.3 is 0 Å². The van der Waals surface area contributed by atoms with Gasteiger partial charge in [0.15, 0.2) is 0 Å². The smallest absolute Gasteiger partial charge is 0.0796 e. The molecule has 0 atom stereocenters. The highest BCUT2D eigenvalue weighted by molar-refractivity contribution is 4.92. The van der Waals surface area contributed by atoms with E-state index in [2.05, 4.69) is 10.2 Å². The molecule has 0 bridgehead atoms. The van der Waals surface area contributed by atoms with Crippen LogP contribution >= 0.6 is 0 Å². The van der Waals surface area contributed by atoms with E-state index in [1.165, 1.54) is 19.0 Å².